The molecule has 5 nitrogen and oxygen atoms in total. The van der Waals surface area contributed by atoms with Crippen molar-refractivity contribution in [1.29, 1.82) is 0 Å². The summed E-state index contributed by atoms with van der Waals surface area (Å²) in [6.07, 6.45) is 0. The number of nitrogens with two attached hydrogens (primary N) is 1. The van der Waals surface area contributed by atoms with Crippen molar-refractivity contribution in [3.63, 3.8) is 0 Å². The summed E-state index contributed by atoms with van der Waals surface area (Å²) in [5.74, 6) is 0.781. The van der Waals surface area contributed by atoms with Gasteiger partial charge in [0.15, 0.2) is 0 Å². The maximum absolute atomic E-state index is 13.3. The van der Waals surface area contributed by atoms with Crippen LogP contribution in [0.2, 0.25) is 0 Å². The van der Waals surface area contributed by atoms with Crippen LogP contribution >= 0.6 is 0 Å². The average Bonchev–Trinajstić information content (AvgIpc) is 2.80. The lowest BCUT2D eigenvalue weighted by atomic mass is 10.0. The Morgan fingerprint density at radius 2 is 2.00 bits per heavy atom. The minimum atomic E-state index is -0.674. The molecular weight excluding hydrogens is 326 g/mol. The predicted molar refractivity (Wildman–Crippen MR) is 103 cm³/mol. The Morgan fingerprint density at radius 3 is 2.69 bits per heavy atom. The molecule has 0 fully saturated rings. The van der Waals surface area contributed by atoms with Crippen LogP contribution in [0.1, 0.15) is 22.7 Å². The highest BCUT2D eigenvalue weighted by Crippen LogP contribution is 2.28. The van der Waals surface area contributed by atoms with E-state index in [1.807, 2.05) is 68.4 Å². The number of amides is 1. The van der Waals surface area contributed by atoms with E-state index in [-0.39, 0.29) is 11.9 Å². The monoisotopic (exact) mass is 353 g/mol. The summed E-state index contributed by atoms with van der Waals surface area (Å²) in [6, 6.07) is 14.9. The van der Waals surface area contributed by atoms with Crippen molar-refractivity contribution in [2.75, 3.05) is 27.2 Å². The number of nitrogens with zero attached hydrogens (tertiary/aromatic N) is 2. The Bertz CT molecular complexity index is 761. The van der Waals surface area contributed by atoms with Crippen LogP contribution in [-0.2, 0) is 11.3 Å². The second-order valence-corrected chi connectivity index (χ2v) is 7.19. The number of ether oxygens (including phenoxy) is 1. The molecular formula is C21H27N3O2. The smallest absolute Gasteiger partial charge is 0.244 e. The lowest BCUT2D eigenvalue weighted by Crippen LogP contribution is -2.50. The first-order valence-corrected chi connectivity index (χ1v) is 8.94. The van der Waals surface area contributed by atoms with Crippen molar-refractivity contribution < 1.29 is 9.53 Å². The molecule has 138 valence electrons. The molecule has 2 aromatic carbocycles. The van der Waals surface area contributed by atoms with E-state index in [0.717, 1.165) is 29.0 Å². The van der Waals surface area contributed by atoms with Crippen molar-refractivity contribution in [2.24, 2.45) is 5.73 Å². The molecule has 5 heteroatoms. The quantitative estimate of drug-likeness (QED) is 0.917. The average molecular weight is 353 g/mol. The second-order valence-electron chi connectivity index (χ2n) is 7.19. The number of likely N-dealkylation sites (N-methyl/N-ethyl adjacent to an activating group) is 1. The number of benzene rings is 2. The van der Waals surface area contributed by atoms with Crippen LogP contribution in [0, 0.1) is 6.92 Å². The first-order valence-electron chi connectivity index (χ1n) is 8.94. The summed E-state index contributed by atoms with van der Waals surface area (Å²) in [4.78, 5) is 17.2. The van der Waals surface area contributed by atoms with Gasteiger partial charge in [0.05, 0.1) is 6.04 Å². The van der Waals surface area contributed by atoms with Gasteiger partial charge in [-0.3, -0.25) is 4.79 Å². The number of rotatable bonds is 4. The topological polar surface area (TPSA) is 58.8 Å². The van der Waals surface area contributed by atoms with Gasteiger partial charge in [-0.2, -0.15) is 0 Å². The maximum atomic E-state index is 13.3. The van der Waals surface area contributed by atoms with Crippen LogP contribution in [-0.4, -0.2) is 49.0 Å². The van der Waals surface area contributed by atoms with Crippen molar-refractivity contribution in [3.05, 3.63) is 65.2 Å². The summed E-state index contributed by atoms with van der Waals surface area (Å²) in [6.45, 7) is 3.74. The number of carbonyl (C=O) groups is 1. The van der Waals surface area contributed by atoms with E-state index in [1.54, 1.807) is 0 Å². The van der Waals surface area contributed by atoms with E-state index in [4.69, 9.17) is 10.5 Å². The highest BCUT2D eigenvalue weighted by atomic mass is 16.5. The molecule has 3 rings (SSSR count). The summed E-state index contributed by atoms with van der Waals surface area (Å²) in [5.41, 5.74) is 9.33. The molecule has 0 spiro atoms. The molecule has 2 N–H and O–H groups in total. The zero-order valence-electron chi connectivity index (χ0n) is 15.7. The van der Waals surface area contributed by atoms with Gasteiger partial charge in [0.2, 0.25) is 5.91 Å². The summed E-state index contributed by atoms with van der Waals surface area (Å²) < 4.78 is 6.02. The molecule has 1 aliphatic rings. The zero-order chi connectivity index (χ0) is 18.7. The third-order valence-corrected chi connectivity index (χ3v) is 4.71. The second kappa shape index (κ2) is 7.89. The summed E-state index contributed by atoms with van der Waals surface area (Å²) in [5, 5.41) is 0. The number of hydrogen-bond acceptors (Lipinski definition) is 4. The molecule has 0 radical (unpaired) electrons. The Labute approximate surface area is 155 Å². The van der Waals surface area contributed by atoms with E-state index < -0.39 is 6.04 Å². The zero-order valence-corrected chi connectivity index (χ0v) is 15.7. The molecule has 1 amide bonds. The van der Waals surface area contributed by atoms with Crippen LogP contribution in [0.3, 0.4) is 0 Å². The molecule has 2 unspecified atom stereocenters. The molecule has 0 aliphatic carbocycles. The first kappa shape index (κ1) is 18.4. The van der Waals surface area contributed by atoms with Gasteiger partial charge in [-0.05, 0) is 32.6 Å². The molecule has 1 heterocycles. The fraction of sp³-hybridized carbons (Fsp3) is 0.381. The van der Waals surface area contributed by atoms with Gasteiger partial charge in [0.25, 0.3) is 0 Å². The van der Waals surface area contributed by atoms with Gasteiger partial charge >= 0.3 is 0 Å². The standard InChI is InChI=1S/C21H27N3O2/c1-15-9-10-19-17(11-15)12-24(18(14-26-19)13-23(2)3)21(25)20(22)16-7-5-4-6-8-16/h4-11,18,20H,12-14,22H2,1-3H3. The number of fused-ring (bicyclic) bond motifs is 1. The van der Waals surface area contributed by atoms with E-state index in [9.17, 15) is 4.79 Å². The van der Waals surface area contributed by atoms with Gasteiger partial charge in [-0.1, -0.05) is 48.0 Å². The predicted octanol–water partition coefficient (Wildman–Crippen LogP) is 2.35. The van der Waals surface area contributed by atoms with Gasteiger partial charge < -0.3 is 20.3 Å². The number of aryl methyl sites for hydroxylation is 1. The fourth-order valence-electron chi connectivity index (χ4n) is 3.37. The Hall–Kier alpha value is -2.37. The van der Waals surface area contributed by atoms with E-state index in [2.05, 4.69) is 11.0 Å². The minimum absolute atomic E-state index is 0.0556. The number of carbonyl (C=O) groups excluding carboxylic acids is 1. The Balaban J connectivity index is 1.91. The van der Waals surface area contributed by atoms with Gasteiger partial charge in [0, 0.05) is 18.7 Å². The van der Waals surface area contributed by atoms with Gasteiger partial charge in [-0.25, -0.2) is 0 Å². The third kappa shape index (κ3) is 4.06. The van der Waals surface area contributed by atoms with Crippen LogP contribution in [0.5, 0.6) is 5.75 Å². The molecule has 0 bridgehead atoms. The highest BCUT2D eigenvalue weighted by molar-refractivity contribution is 5.83. The van der Waals surface area contributed by atoms with E-state index in [0.29, 0.717) is 13.2 Å². The molecule has 1 aliphatic heterocycles. The van der Waals surface area contributed by atoms with Crippen LogP contribution in [0.25, 0.3) is 0 Å². The third-order valence-electron chi connectivity index (χ3n) is 4.71. The summed E-state index contributed by atoms with van der Waals surface area (Å²) >= 11 is 0. The van der Waals surface area contributed by atoms with Crippen molar-refractivity contribution in [3.8, 4) is 5.75 Å². The molecule has 0 saturated carbocycles. The summed E-state index contributed by atoms with van der Waals surface area (Å²) in [7, 11) is 4.00. The first-order chi connectivity index (χ1) is 12.5. The molecule has 0 aromatic heterocycles. The van der Waals surface area contributed by atoms with Gasteiger partial charge in [0.1, 0.15) is 18.4 Å². The molecule has 0 saturated heterocycles. The largest absolute Gasteiger partial charge is 0.491 e. The molecule has 26 heavy (non-hydrogen) atoms. The van der Waals surface area contributed by atoms with Crippen molar-refractivity contribution in [2.45, 2.75) is 25.6 Å². The van der Waals surface area contributed by atoms with Crippen LogP contribution in [0.15, 0.2) is 48.5 Å². The normalized spacial score (nSPS) is 18.0. The van der Waals surface area contributed by atoms with Crippen molar-refractivity contribution in [1.82, 2.24) is 9.80 Å². The lowest BCUT2D eigenvalue weighted by Gasteiger charge is -2.33. The van der Waals surface area contributed by atoms with Gasteiger partial charge in [-0.15, -0.1) is 0 Å². The Morgan fingerprint density at radius 1 is 1.27 bits per heavy atom. The van der Waals surface area contributed by atoms with Crippen molar-refractivity contribution >= 4 is 5.91 Å². The molecule has 2 atom stereocenters. The minimum Gasteiger partial charge on any atom is -0.491 e. The number of hydrogen-bond donors (Lipinski definition) is 1. The molecule has 2 aromatic rings. The SMILES string of the molecule is Cc1ccc2c(c1)CN(C(=O)C(N)c1ccccc1)C(CN(C)C)CO2. The van der Waals surface area contributed by atoms with E-state index >= 15 is 0 Å². The fourth-order valence-corrected chi connectivity index (χ4v) is 3.37. The van der Waals surface area contributed by atoms with E-state index in [1.165, 1.54) is 0 Å². The maximum Gasteiger partial charge on any atom is 0.244 e. The van der Waals surface area contributed by atoms with Crippen LogP contribution in [0.4, 0.5) is 0 Å². The Kier molecular flexibility index (Phi) is 5.59. The van der Waals surface area contributed by atoms with Crippen LogP contribution < -0.4 is 10.5 Å². The lowest BCUT2D eigenvalue weighted by molar-refractivity contribution is -0.136. The highest BCUT2D eigenvalue weighted by Gasteiger charge is 2.32.